The minimum Gasteiger partial charge on any atom is -0.481 e. The molecule has 0 aliphatic heterocycles. The molecule has 7 heteroatoms. The van der Waals surface area contributed by atoms with Crippen molar-refractivity contribution in [2.45, 2.75) is 26.3 Å². The fourth-order valence-corrected chi connectivity index (χ4v) is 3.69. The highest BCUT2D eigenvalue weighted by Crippen LogP contribution is 2.28. The molecule has 0 saturated heterocycles. The van der Waals surface area contributed by atoms with Crippen LogP contribution < -0.4 is 10.6 Å². The van der Waals surface area contributed by atoms with Crippen LogP contribution in [0.1, 0.15) is 29.2 Å². The van der Waals surface area contributed by atoms with Crippen LogP contribution in [0.15, 0.2) is 73.1 Å². The quantitative estimate of drug-likeness (QED) is 0.385. The number of urea groups is 1. The normalized spacial score (nSPS) is 11.8. The molecule has 1 unspecified atom stereocenters. The molecule has 0 fully saturated rings. The second-order valence-electron chi connectivity index (χ2n) is 7.76. The summed E-state index contributed by atoms with van der Waals surface area (Å²) >= 11 is 0. The zero-order chi connectivity index (χ0) is 22.7. The third-order valence-corrected chi connectivity index (χ3v) is 5.49. The monoisotopic (exact) mass is 428 g/mol. The van der Waals surface area contributed by atoms with E-state index in [1.165, 1.54) is 0 Å². The van der Waals surface area contributed by atoms with Crippen LogP contribution in [0.5, 0.6) is 0 Å². The van der Waals surface area contributed by atoms with E-state index >= 15 is 0 Å². The van der Waals surface area contributed by atoms with Crippen LogP contribution in [0, 0.1) is 13.8 Å². The highest BCUT2D eigenvalue weighted by molar-refractivity contribution is 6.00. The summed E-state index contributed by atoms with van der Waals surface area (Å²) in [5.74, 6) is -0.887. The van der Waals surface area contributed by atoms with Crippen molar-refractivity contribution in [2.75, 3.05) is 10.6 Å². The third-order valence-electron chi connectivity index (χ3n) is 5.49. The van der Waals surface area contributed by atoms with E-state index in [1.54, 1.807) is 18.5 Å². The Labute approximate surface area is 185 Å². The molecule has 162 valence electrons. The summed E-state index contributed by atoms with van der Waals surface area (Å²) in [6.45, 7) is 4.02. The van der Waals surface area contributed by atoms with Crippen molar-refractivity contribution in [1.82, 2.24) is 9.55 Å². The van der Waals surface area contributed by atoms with E-state index in [4.69, 9.17) is 0 Å². The number of carbonyl (C=O) groups is 2. The molecular formula is C25H24N4O3. The number of fused-ring (bicyclic) bond motifs is 1. The Morgan fingerprint density at radius 3 is 2.31 bits per heavy atom. The molecule has 2 amide bonds. The minimum atomic E-state index is -0.887. The Morgan fingerprint density at radius 1 is 0.938 bits per heavy atom. The molecule has 1 heterocycles. The number of nitrogens with zero attached hydrogens (tertiary/aromatic N) is 2. The lowest BCUT2D eigenvalue weighted by Crippen LogP contribution is -2.19. The third kappa shape index (κ3) is 4.62. The van der Waals surface area contributed by atoms with Crippen LogP contribution in [0.3, 0.4) is 0 Å². The number of nitrogens with one attached hydrogen (secondary N) is 2. The van der Waals surface area contributed by atoms with Crippen LogP contribution in [0.4, 0.5) is 16.2 Å². The first kappa shape index (κ1) is 21.1. The van der Waals surface area contributed by atoms with Gasteiger partial charge in [-0.2, -0.15) is 0 Å². The molecule has 4 aromatic rings. The molecule has 0 saturated carbocycles. The number of hydrogen-bond acceptors (Lipinski definition) is 3. The molecule has 0 aliphatic carbocycles. The lowest BCUT2D eigenvalue weighted by molar-refractivity contribution is -0.137. The number of rotatable bonds is 6. The number of aliphatic carboxylic acids is 1. The summed E-state index contributed by atoms with van der Waals surface area (Å²) in [5, 5.41) is 15.1. The predicted molar refractivity (Wildman–Crippen MR) is 125 cm³/mol. The van der Waals surface area contributed by atoms with Gasteiger partial charge in [0.2, 0.25) is 0 Å². The van der Waals surface area contributed by atoms with E-state index in [0.717, 1.165) is 27.9 Å². The van der Waals surface area contributed by atoms with E-state index in [2.05, 4.69) is 15.6 Å². The maximum Gasteiger partial charge on any atom is 0.323 e. The zero-order valence-corrected chi connectivity index (χ0v) is 17.9. The Hall–Kier alpha value is -4.13. The minimum absolute atomic E-state index is 0.0617. The summed E-state index contributed by atoms with van der Waals surface area (Å²) in [7, 11) is 0. The maximum absolute atomic E-state index is 12.4. The number of amides is 2. The van der Waals surface area contributed by atoms with Gasteiger partial charge in [-0.15, -0.1) is 0 Å². The van der Waals surface area contributed by atoms with Crippen LogP contribution in [-0.4, -0.2) is 26.7 Å². The van der Waals surface area contributed by atoms with E-state index in [-0.39, 0.29) is 18.5 Å². The first-order valence-corrected chi connectivity index (χ1v) is 10.3. The first-order chi connectivity index (χ1) is 15.4. The SMILES string of the molecule is Cc1ccc(NC(=O)Nc2ccc3c(c2)ncn3C(CC(=O)O)c2ccccc2)cc1C. The number of benzene rings is 3. The number of carboxylic acid groups (broad SMARTS) is 1. The summed E-state index contributed by atoms with van der Waals surface area (Å²) in [6.07, 6.45) is 1.58. The molecule has 3 aromatic carbocycles. The average molecular weight is 428 g/mol. The number of carbonyl (C=O) groups excluding carboxylic acids is 1. The average Bonchev–Trinajstić information content (AvgIpc) is 3.18. The number of aryl methyl sites for hydroxylation is 2. The molecule has 0 aliphatic rings. The summed E-state index contributed by atoms with van der Waals surface area (Å²) < 4.78 is 1.86. The second kappa shape index (κ2) is 8.93. The van der Waals surface area contributed by atoms with Gasteiger partial charge in [0.15, 0.2) is 0 Å². The second-order valence-corrected chi connectivity index (χ2v) is 7.76. The van der Waals surface area contributed by atoms with Crippen molar-refractivity contribution in [3.8, 4) is 0 Å². The zero-order valence-electron chi connectivity index (χ0n) is 17.9. The van der Waals surface area contributed by atoms with Crippen molar-refractivity contribution < 1.29 is 14.7 Å². The molecule has 4 rings (SSSR count). The Balaban J connectivity index is 1.56. The number of anilines is 2. The first-order valence-electron chi connectivity index (χ1n) is 10.3. The van der Waals surface area contributed by atoms with Gasteiger partial charge in [0.25, 0.3) is 0 Å². The van der Waals surface area contributed by atoms with E-state index < -0.39 is 5.97 Å². The Kier molecular flexibility index (Phi) is 5.89. The molecular weight excluding hydrogens is 404 g/mol. The molecule has 1 atom stereocenters. The van der Waals surface area contributed by atoms with Gasteiger partial charge >= 0.3 is 12.0 Å². The largest absolute Gasteiger partial charge is 0.481 e. The fraction of sp³-hybridized carbons (Fsp3) is 0.160. The number of imidazole rings is 1. The number of hydrogen-bond donors (Lipinski definition) is 3. The Morgan fingerprint density at radius 2 is 1.62 bits per heavy atom. The highest BCUT2D eigenvalue weighted by Gasteiger charge is 2.20. The van der Waals surface area contributed by atoms with Crippen LogP contribution in [0.25, 0.3) is 11.0 Å². The smallest absolute Gasteiger partial charge is 0.323 e. The van der Waals surface area contributed by atoms with Crippen molar-refractivity contribution in [2.24, 2.45) is 0 Å². The van der Waals surface area contributed by atoms with Crippen molar-refractivity contribution in [3.05, 3.63) is 89.7 Å². The number of aromatic nitrogens is 2. The van der Waals surface area contributed by atoms with E-state index in [9.17, 15) is 14.7 Å². The van der Waals surface area contributed by atoms with Crippen molar-refractivity contribution in [1.29, 1.82) is 0 Å². The van der Waals surface area contributed by atoms with Gasteiger partial charge in [-0.05, 0) is 60.9 Å². The summed E-state index contributed by atoms with van der Waals surface area (Å²) in [6, 6.07) is 19.9. The van der Waals surface area contributed by atoms with Gasteiger partial charge in [0.05, 0.1) is 29.8 Å². The lowest BCUT2D eigenvalue weighted by Gasteiger charge is -2.18. The highest BCUT2D eigenvalue weighted by atomic mass is 16.4. The lowest BCUT2D eigenvalue weighted by atomic mass is 10.0. The predicted octanol–water partition coefficient (Wildman–Crippen LogP) is 5.36. The molecule has 0 bridgehead atoms. The van der Waals surface area contributed by atoms with Gasteiger partial charge in [-0.3, -0.25) is 4.79 Å². The molecule has 1 aromatic heterocycles. The molecule has 0 spiro atoms. The topological polar surface area (TPSA) is 96.3 Å². The molecule has 3 N–H and O–H groups in total. The Bertz CT molecular complexity index is 1280. The van der Waals surface area contributed by atoms with Crippen LogP contribution >= 0.6 is 0 Å². The van der Waals surface area contributed by atoms with Gasteiger partial charge in [-0.25, -0.2) is 9.78 Å². The molecule has 32 heavy (non-hydrogen) atoms. The fourth-order valence-electron chi connectivity index (χ4n) is 3.69. The van der Waals surface area contributed by atoms with Crippen LogP contribution in [-0.2, 0) is 4.79 Å². The van der Waals surface area contributed by atoms with E-state index in [0.29, 0.717) is 11.2 Å². The summed E-state index contributed by atoms with van der Waals surface area (Å²) in [4.78, 5) is 28.4. The van der Waals surface area contributed by atoms with E-state index in [1.807, 2.05) is 73.0 Å². The van der Waals surface area contributed by atoms with Gasteiger partial charge < -0.3 is 20.3 Å². The van der Waals surface area contributed by atoms with Crippen molar-refractivity contribution >= 4 is 34.4 Å². The molecule has 7 nitrogen and oxygen atoms in total. The summed E-state index contributed by atoms with van der Waals surface area (Å²) in [5.41, 5.74) is 5.93. The maximum atomic E-state index is 12.4. The number of carboxylic acids is 1. The molecule has 0 radical (unpaired) electrons. The van der Waals surface area contributed by atoms with Crippen LogP contribution in [0.2, 0.25) is 0 Å². The van der Waals surface area contributed by atoms with Gasteiger partial charge in [0, 0.05) is 11.4 Å². The van der Waals surface area contributed by atoms with Gasteiger partial charge in [-0.1, -0.05) is 36.4 Å². The standard InChI is InChI=1S/C25H24N4O3/c1-16-8-9-19(12-17(16)2)27-25(32)28-20-10-11-22-21(13-20)26-15-29(22)23(14-24(30)31)18-6-4-3-5-7-18/h3-13,15,23H,14H2,1-2H3,(H,30,31)(H2,27,28,32). The van der Waals surface area contributed by atoms with Crippen molar-refractivity contribution in [3.63, 3.8) is 0 Å². The van der Waals surface area contributed by atoms with Gasteiger partial charge in [0.1, 0.15) is 0 Å².